The molecule has 0 radical (unpaired) electrons. The molecule has 0 saturated carbocycles. The molecule has 2 amide bonds. The Morgan fingerprint density at radius 1 is 0.854 bits per heavy atom. The predicted octanol–water partition coefficient (Wildman–Crippen LogP) is 6.10. The molecule has 1 heterocycles. The second-order valence-corrected chi connectivity index (χ2v) is 9.27. The van der Waals surface area contributed by atoms with Gasteiger partial charge in [0.15, 0.2) is 11.0 Å². The van der Waals surface area contributed by atoms with Crippen molar-refractivity contribution in [1.29, 1.82) is 0 Å². The van der Waals surface area contributed by atoms with Crippen LogP contribution < -0.4 is 10.6 Å². The van der Waals surface area contributed by atoms with Crippen LogP contribution in [0.1, 0.15) is 27.3 Å². The quantitative estimate of drug-likeness (QED) is 0.189. The van der Waals surface area contributed by atoms with Gasteiger partial charge in [-0.15, -0.1) is 10.2 Å². The number of halogens is 7. The Balaban J connectivity index is 1.59. The molecule has 0 aliphatic heterocycles. The molecule has 4 aromatic rings. The van der Waals surface area contributed by atoms with E-state index in [0.717, 1.165) is 47.0 Å². The molecule has 0 aliphatic carbocycles. The van der Waals surface area contributed by atoms with Crippen molar-refractivity contribution in [2.24, 2.45) is 0 Å². The number of rotatable bonds is 8. The van der Waals surface area contributed by atoms with Crippen LogP contribution in [0.2, 0.25) is 0 Å². The van der Waals surface area contributed by atoms with Crippen LogP contribution in [0.3, 0.4) is 0 Å². The minimum atomic E-state index is -4.72. The lowest BCUT2D eigenvalue weighted by molar-refractivity contribution is -0.138. The minimum Gasteiger partial charge on any atom is -0.345 e. The molecule has 3 aromatic carbocycles. The molecule has 214 valence electrons. The monoisotopic (exact) mass is 597 g/mol. The summed E-state index contributed by atoms with van der Waals surface area (Å²) in [5.41, 5.74) is -2.87. The average molecular weight is 598 g/mol. The number of carbonyl (C=O) groups is 2. The standard InChI is InChI=1S/C26H18F7N5O2S/c27-19-10-3-1-8-17(19)23(40)34-13-21-36-37-24(38(21)16-7-5-6-15(12-16)25(28,29)30)41-14-22(39)35-20-11-4-2-9-18(20)26(31,32)33/h1-12H,13-14H2,(H,34,40)(H,35,39). The molecule has 41 heavy (non-hydrogen) atoms. The van der Waals surface area contributed by atoms with E-state index in [2.05, 4.69) is 20.8 Å². The molecule has 0 spiro atoms. The number of alkyl halides is 6. The lowest BCUT2D eigenvalue weighted by Crippen LogP contribution is -2.25. The zero-order valence-electron chi connectivity index (χ0n) is 20.6. The van der Waals surface area contributed by atoms with Crippen LogP contribution in [0.5, 0.6) is 0 Å². The van der Waals surface area contributed by atoms with Gasteiger partial charge in [-0.2, -0.15) is 26.3 Å². The first kappa shape index (κ1) is 29.6. The van der Waals surface area contributed by atoms with Gasteiger partial charge in [0.25, 0.3) is 5.91 Å². The zero-order valence-corrected chi connectivity index (χ0v) is 21.4. The maximum Gasteiger partial charge on any atom is 0.418 e. The highest BCUT2D eigenvalue weighted by atomic mass is 32.2. The van der Waals surface area contributed by atoms with Crippen molar-refractivity contribution in [3.8, 4) is 5.69 Å². The van der Waals surface area contributed by atoms with E-state index in [0.29, 0.717) is 11.8 Å². The molecule has 0 bridgehead atoms. The normalized spacial score (nSPS) is 11.8. The summed E-state index contributed by atoms with van der Waals surface area (Å²) in [4.78, 5) is 25.0. The number of carbonyl (C=O) groups excluding carboxylic acids is 2. The second kappa shape index (κ2) is 12.0. The molecule has 0 aliphatic rings. The molecular weight excluding hydrogens is 579 g/mol. The van der Waals surface area contributed by atoms with Gasteiger partial charge >= 0.3 is 12.4 Å². The van der Waals surface area contributed by atoms with Gasteiger partial charge in [0.2, 0.25) is 5.91 Å². The van der Waals surface area contributed by atoms with Crippen LogP contribution >= 0.6 is 11.8 Å². The van der Waals surface area contributed by atoms with Crippen molar-refractivity contribution in [3.05, 3.63) is 101 Å². The molecule has 0 atom stereocenters. The van der Waals surface area contributed by atoms with Crippen molar-refractivity contribution in [1.82, 2.24) is 20.1 Å². The van der Waals surface area contributed by atoms with E-state index in [9.17, 15) is 40.3 Å². The molecule has 15 heteroatoms. The van der Waals surface area contributed by atoms with Crippen LogP contribution in [0.4, 0.5) is 36.4 Å². The first-order chi connectivity index (χ1) is 19.3. The van der Waals surface area contributed by atoms with Crippen LogP contribution in [-0.2, 0) is 23.7 Å². The highest BCUT2D eigenvalue weighted by molar-refractivity contribution is 7.99. The Hall–Kier alpha value is -4.40. The summed E-state index contributed by atoms with van der Waals surface area (Å²) < 4.78 is 95.1. The zero-order chi connectivity index (χ0) is 29.8. The van der Waals surface area contributed by atoms with Crippen LogP contribution in [-0.4, -0.2) is 32.3 Å². The number of aromatic nitrogens is 3. The molecular formula is C26H18F7N5O2S. The first-order valence-corrected chi connectivity index (χ1v) is 12.6. The van der Waals surface area contributed by atoms with Gasteiger partial charge in [0, 0.05) is 0 Å². The second-order valence-electron chi connectivity index (χ2n) is 8.33. The number of benzene rings is 3. The predicted molar refractivity (Wildman–Crippen MR) is 135 cm³/mol. The third-order valence-corrected chi connectivity index (χ3v) is 6.43. The molecule has 2 N–H and O–H groups in total. The van der Waals surface area contributed by atoms with Gasteiger partial charge in [-0.1, -0.05) is 42.1 Å². The van der Waals surface area contributed by atoms with E-state index in [-0.39, 0.29) is 28.8 Å². The van der Waals surface area contributed by atoms with E-state index in [1.807, 2.05) is 0 Å². The summed E-state index contributed by atoms with van der Waals surface area (Å²) in [5, 5.41) is 12.3. The molecule has 7 nitrogen and oxygen atoms in total. The SMILES string of the molecule is O=C(CSc1nnc(CNC(=O)c2ccccc2F)n1-c1cccc(C(F)(F)F)c1)Nc1ccccc1C(F)(F)F. The summed E-state index contributed by atoms with van der Waals surface area (Å²) >= 11 is 0.692. The number of nitrogens with zero attached hydrogens (tertiary/aromatic N) is 3. The average Bonchev–Trinajstić information content (AvgIpc) is 3.33. The third-order valence-electron chi connectivity index (χ3n) is 5.50. The lowest BCUT2D eigenvalue weighted by atomic mass is 10.1. The van der Waals surface area contributed by atoms with Crippen LogP contribution in [0.25, 0.3) is 5.69 Å². The van der Waals surface area contributed by atoms with E-state index in [4.69, 9.17) is 0 Å². The number of para-hydroxylation sites is 1. The maximum atomic E-state index is 14.0. The number of hydrogen-bond acceptors (Lipinski definition) is 5. The maximum absolute atomic E-state index is 14.0. The van der Waals surface area contributed by atoms with Crippen molar-refractivity contribution >= 4 is 29.3 Å². The van der Waals surface area contributed by atoms with Crippen molar-refractivity contribution < 1.29 is 40.3 Å². The van der Waals surface area contributed by atoms with Gasteiger partial charge < -0.3 is 10.6 Å². The Kier molecular flexibility index (Phi) is 8.66. The molecule has 0 saturated heterocycles. The minimum absolute atomic E-state index is 0.0562. The summed E-state index contributed by atoms with van der Waals surface area (Å²) in [6, 6.07) is 13.6. The summed E-state index contributed by atoms with van der Waals surface area (Å²) in [6.45, 7) is -0.387. The highest BCUT2D eigenvalue weighted by Crippen LogP contribution is 2.35. The van der Waals surface area contributed by atoms with E-state index >= 15 is 0 Å². The third kappa shape index (κ3) is 7.22. The number of anilines is 1. The van der Waals surface area contributed by atoms with Crippen molar-refractivity contribution in [2.45, 2.75) is 24.1 Å². The van der Waals surface area contributed by atoms with Gasteiger partial charge in [-0.3, -0.25) is 14.2 Å². The first-order valence-electron chi connectivity index (χ1n) is 11.6. The Morgan fingerprint density at radius 2 is 1.56 bits per heavy atom. The topological polar surface area (TPSA) is 88.9 Å². The van der Waals surface area contributed by atoms with Gasteiger partial charge in [-0.05, 0) is 42.5 Å². The van der Waals surface area contributed by atoms with Crippen LogP contribution in [0, 0.1) is 5.82 Å². The highest BCUT2D eigenvalue weighted by Gasteiger charge is 2.34. The molecule has 0 unspecified atom stereocenters. The fraction of sp³-hybridized carbons (Fsp3) is 0.154. The van der Waals surface area contributed by atoms with Crippen molar-refractivity contribution in [3.63, 3.8) is 0 Å². The summed E-state index contributed by atoms with van der Waals surface area (Å²) in [6.07, 6.45) is -9.41. The van der Waals surface area contributed by atoms with Gasteiger partial charge in [0.1, 0.15) is 5.82 Å². The molecule has 4 rings (SSSR count). The van der Waals surface area contributed by atoms with E-state index in [1.54, 1.807) is 0 Å². The van der Waals surface area contributed by atoms with Gasteiger partial charge in [0.05, 0.1) is 40.4 Å². The Labute approximate surface area is 231 Å². The number of nitrogens with one attached hydrogen (secondary N) is 2. The fourth-order valence-corrected chi connectivity index (χ4v) is 4.42. The Bertz CT molecular complexity index is 1570. The molecule has 1 aromatic heterocycles. The fourth-order valence-electron chi connectivity index (χ4n) is 3.64. The van der Waals surface area contributed by atoms with Crippen molar-refractivity contribution in [2.75, 3.05) is 11.1 Å². The van der Waals surface area contributed by atoms with E-state index in [1.165, 1.54) is 30.3 Å². The van der Waals surface area contributed by atoms with Gasteiger partial charge in [-0.25, -0.2) is 4.39 Å². The number of amides is 2. The Morgan fingerprint density at radius 3 is 2.27 bits per heavy atom. The van der Waals surface area contributed by atoms with E-state index < -0.39 is 52.6 Å². The largest absolute Gasteiger partial charge is 0.418 e. The summed E-state index contributed by atoms with van der Waals surface area (Å²) in [5.74, 6) is -3.00. The van der Waals surface area contributed by atoms with Crippen LogP contribution in [0.15, 0.2) is 78.0 Å². The number of thioether (sulfide) groups is 1. The lowest BCUT2D eigenvalue weighted by Gasteiger charge is -2.14. The summed E-state index contributed by atoms with van der Waals surface area (Å²) in [7, 11) is 0. The molecule has 0 fully saturated rings. The smallest absolute Gasteiger partial charge is 0.345 e. The number of hydrogen-bond donors (Lipinski definition) is 2.